The lowest BCUT2D eigenvalue weighted by molar-refractivity contribution is -0.152. The highest BCUT2D eigenvalue weighted by atomic mass is 16.6. The van der Waals surface area contributed by atoms with Crippen LogP contribution in [0.2, 0.25) is 0 Å². The van der Waals surface area contributed by atoms with Gasteiger partial charge in [-0.1, -0.05) is 13.8 Å². The number of rotatable bonds is 5. The number of methoxy groups -OCH3 is 1. The highest BCUT2D eigenvalue weighted by Gasteiger charge is 2.39. The van der Waals surface area contributed by atoms with Crippen LogP contribution in [-0.4, -0.2) is 41.1 Å². The fraction of sp³-hybridized carbons (Fsp3) is 0.529. The molecule has 24 heavy (non-hydrogen) atoms. The van der Waals surface area contributed by atoms with Crippen molar-refractivity contribution in [2.45, 2.75) is 51.7 Å². The molecule has 0 bridgehead atoms. The van der Waals surface area contributed by atoms with Crippen LogP contribution in [0.15, 0.2) is 18.2 Å². The van der Waals surface area contributed by atoms with Gasteiger partial charge in [0.05, 0.1) is 0 Å². The summed E-state index contributed by atoms with van der Waals surface area (Å²) in [6, 6.07) is 4.29. The standard InChI is InChI=1S/C17H25NO6/c1-16(2,3)24-15(22)18-12-8-7-10(19)9-11(12)17(4,5)13(23-6)14(20)21/h7-9,13,19H,1-6H3,(H,18,22)(H,20,21). The second-order valence-electron chi connectivity index (χ2n) is 7.03. The summed E-state index contributed by atoms with van der Waals surface area (Å²) in [4.78, 5) is 23.5. The van der Waals surface area contributed by atoms with Crippen molar-refractivity contribution in [3.63, 3.8) is 0 Å². The van der Waals surface area contributed by atoms with Gasteiger partial charge in [-0.2, -0.15) is 0 Å². The molecule has 1 unspecified atom stereocenters. The molecule has 0 heterocycles. The van der Waals surface area contributed by atoms with Gasteiger partial charge >= 0.3 is 12.1 Å². The lowest BCUT2D eigenvalue weighted by Crippen LogP contribution is -2.42. The summed E-state index contributed by atoms with van der Waals surface area (Å²) in [7, 11) is 1.30. The van der Waals surface area contributed by atoms with E-state index in [1.807, 2.05) is 0 Å². The summed E-state index contributed by atoms with van der Waals surface area (Å²) in [6.45, 7) is 8.52. The third-order valence-corrected chi connectivity index (χ3v) is 3.45. The van der Waals surface area contributed by atoms with Crippen LogP contribution in [0.5, 0.6) is 5.75 Å². The molecule has 0 aliphatic rings. The van der Waals surface area contributed by atoms with Crippen molar-refractivity contribution >= 4 is 17.7 Å². The number of carbonyl (C=O) groups excluding carboxylic acids is 1. The number of benzene rings is 1. The first-order valence-electron chi connectivity index (χ1n) is 7.47. The summed E-state index contributed by atoms with van der Waals surface area (Å²) in [5, 5.41) is 21.7. The second-order valence-corrected chi connectivity index (χ2v) is 7.03. The lowest BCUT2D eigenvalue weighted by Gasteiger charge is -2.32. The van der Waals surface area contributed by atoms with E-state index in [4.69, 9.17) is 9.47 Å². The van der Waals surface area contributed by atoms with Gasteiger partial charge in [-0.25, -0.2) is 9.59 Å². The molecule has 1 amide bonds. The quantitative estimate of drug-likeness (QED) is 0.712. The third kappa shape index (κ3) is 4.86. The predicted octanol–water partition coefficient (Wildman–Crippen LogP) is 3.12. The van der Waals surface area contributed by atoms with E-state index in [-0.39, 0.29) is 5.75 Å². The number of phenolic OH excluding ortho intramolecular Hbond substituents is 1. The molecular formula is C17H25NO6. The highest BCUT2D eigenvalue weighted by molar-refractivity contribution is 5.87. The molecule has 1 rings (SSSR count). The number of carbonyl (C=O) groups is 2. The zero-order valence-electron chi connectivity index (χ0n) is 14.8. The Balaban J connectivity index is 3.26. The van der Waals surface area contributed by atoms with Gasteiger partial charge in [0, 0.05) is 18.2 Å². The largest absolute Gasteiger partial charge is 0.508 e. The Hall–Kier alpha value is -2.28. The number of aromatic hydroxyl groups is 1. The van der Waals surface area contributed by atoms with Crippen molar-refractivity contribution in [3.05, 3.63) is 23.8 Å². The van der Waals surface area contributed by atoms with Crippen molar-refractivity contribution < 1.29 is 29.3 Å². The fourth-order valence-corrected chi connectivity index (χ4v) is 2.43. The minimum absolute atomic E-state index is 0.0481. The van der Waals surface area contributed by atoms with Crippen LogP contribution in [0, 0.1) is 0 Å². The van der Waals surface area contributed by atoms with Crippen LogP contribution in [0.3, 0.4) is 0 Å². The minimum Gasteiger partial charge on any atom is -0.508 e. The molecule has 134 valence electrons. The van der Waals surface area contributed by atoms with E-state index in [0.717, 1.165) is 0 Å². The maximum absolute atomic E-state index is 12.0. The van der Waals surface area contributed by atoms with Crippen LogP contribution in [0.4, 0.5) is 10.5 Å². The minimum atomic E-state index is -1.17. The van der Waals surface area contributed by atoms with Gasteiger partial charge in [-0.05, 0) is 44.5 Å². The molecule has 0 aromatic heterocycles. The molecule has 0 spiro atoms. The number of nitrogens with one attached hydrogen (secondary N) is 1. The Morgan fingerprint density at radius 1 is 1.17 bits per heavy atom. The van der Waals surface area contributed by atoms with Gasteiger partial charge in [0.25, 0.3) is 0 Å². The van der Waals surface area contributed by atoms with Gasteiger partial charge in [-0.3, -0.25) is 5.32 Å². The normalized spacial score (nSPS) is 13.2. The number of amides is 1. The van der Waals surface area contributed by atoms with Crippen molar-refractivity contribution in [2.24, 2.45) is 0 Å². The smallest absolute Gasteiger partial charge is 0.412 e. The maximum Gasteiger partial charge on any atom is 0.412 e. The molecule has 1 aromatic carbocycles. The van der Waals surface area contributed by atoms with Crippen LogP contribution in [0.1, 0.15) is 40.2 Å². The number of hydrogen-bond acceptors (Lipinski definition) is 5. The summed E-state index contributed by atoms with van der Waals surface area (Å²) in [6.07, 6.45) is -1.84. The molecule has 1 aromatic rings. The van der Waals surface area contributed by atoms with Gasteiger partial charge < -0.3 is 19.7 Å². The van der Waals surface area contributed by atoms with Gasteiger partial charge in [0.2, 0.25) is 0 Å². The van der Waals surface area contributed by atoms with Crippen LogP contribution >= 0.6 is 0 Å². The first kappa shape index (κ1) is 19.8. The molecule has 3 N–H and O–H groups in total. The topological polar surface area (TPSA) is 105 Å². The molecular weight excluding hydrogens is 314 g/mol. The Bertz CT molecular complexity index is 618. The maximum atomic E-state index is 12.0. The highest BCUT2D eigenvalue weighted by Crippen LogP contribution is 2.36. The monoisotopic (exact) mass is 339 g/mol. The van der Waals surface area contributed by atoms with E-state index in [1.165, 1.54) is 25.3 Å². The summed E-state index contributed by atoms with van der Waals surface area (Å²) in [5.41, 5.74) is -0.936. The molecule has 0 aliphatic carbocycles. The summed E-state index contributed by atoms with van der Waals surface area (Å²) >= 11 is 0. The van der Waals surface area contributed by atoms with Crippen LogP contribution in [0.25, 0.3) is 0 Å². The average molecular weight is 339 g/mol. The van der Waals surface area contributed by atoms with E-state index in [9.17, 15) is 19.8 Å². The zero-order chi connectivity index (χ0) is 18.7. The Labute approximate surface area is 141 Å². The number of ether oxygens (including phenoxy) is 2. The molecule has 1 atom stereocenters. The van der Waals surface area contributed by atoms with Crippen molar-refractivity contribution in [3.8, 4) is 5.75 Å². The predicted molar refractivity (Wildman–Crippen MR) is 89.4 cm³/mol. The van der Waals surface area contributed by atoms with E-state index in [0.29, 0.717) is 11.3 Å². The molecule has 0 saturated carbocycles. The number of anilines is 1. The van der Waals surface area contributed by atoms with Crippen LogP contribution < -0.4 is 5.32 Å². The summed E-state index contributed by atoms with van der Waals surface area (Å²) in [5.74, 6) is -1.19. The molecule has 7 heteroatoms. The van der Waals surface area contributed by atoms with Crippen molar-refractivity contribution in [1.82, 2.24) is 0 Å². The second kappa shape index (κ2) is 7.09. The van der Waals surface area contributed by atoms with E-state index in [1.54, 1.807) is 34.6 Å². The van der Waals surface area contributed by atoms with Crippen molar-refractivity contribution in [2.75, 3.05) is 12.4 Å². The van der Waals surface area contributed by atoms with Gasteiger partial charge in [0.1, 0.15) is 11.4 Å². The van der Waals surface area contributed by atoms with Crippen molar-refractivity contribution in [1.29, 1.82) is 0 Å². The number of hydrogen-bond donors (Lipinski definition) is 3. The van der Waals surface area contributed by atoms with Gasteiger partial charge in [0.15, 0.2) is 6.10 Å². The zero-order valence-corrected chi connectivity index (χ0v) is 14.8. The Morgan fingerprint density at radius 2 is 1.75 bits per heavy atom. The van der Waals surface area contributed by atoms with Crippen LogP contribution in [-0.2, 0) is 19.7 Å². The number of aliphatic carboxylic acids is 1. The number of carboxylic acids is 1. The summed E-state index contributed by atoms with van der Waals surface area (Å²) < 4.78 is 10.3. The molecule has 0 radical (unpaired) electrons. The molecule has 0 saturated heterocycles. The van der Waals surface area contributed by atoms with E-state index >= 15 is 0 Å². The SMILES string of the molecule is COC(C(=O)O)C(C)(C)c1cc(O)ccc1NC(=O)OC(C)(C)C. The third-order valence-electron chi connectivity index (χ3n) is 3.45. The Kier molecular flexibility index (Phi) is 5.84. The molecule has 0 aliphatic heterocycles. The number of carboxylic acid groups (broad SMARTS) is 1. The Morgan fingerprint density at radius 3 is 2.21 bits per heavy atom. The average Bonchev–Trinajstić information content (AvgIpc) is 2.38. The fourth-order valence-electron chi connectivity index (χ4n) is 2.43. The van der Waals surface area contributed by atoms with Gasteiger partial charge in [-0.15, -0.1) is 0 Å². The van der Waals surface area contributed by atoms with E-state index < -0.39 is 29.2 Å². The molecule has 7 nitrogen and oxygen atoms in total. The van der Waals surface area contributed by atoms with E-state index in [2.05, 4.69) is 5.32 Å². The first-order valence-corrected chi connectivity index (χ1v) is 7.47. The number of phenols is 1. The lowest BCUT2D eigenvalue weighted by atomic mass is 9.78. The first-order chi connectivity index (χ1) is 10.9. The molecule has 0 fully saturated rings.